The summed E-state index contributed by atoms with van der Waals surface area (Å²) in [7, 11) is -3.42. The van der Waals surface area contributed by atoms with Gasteiger partial charge in [-0.05, 0) is 48.2 Å². The molecule has 1 atom stereocenters. The normalized spacial score (nSPS) is 20.7. The second-order valence-corrected chi connectivity index (χ2v) is 7.55. The summed E-state index contributed by atoms with van der Waals surface area (Å²) < 4.78 is 27.1. The summed E-state index contributed by atoms with van der Waals surface area (Å²) in [5.41, 5.74) is 5.70. The molecule has 5 heteroatoms. The molecule has 21 heavy (non-hydrogen) atoms. The average molecular weight is 304 g/mol. The number of hydrogen-bond acceptors (Lipinski definition) is 3. The van der Waals surface area contributed by atoms with Crippen LogP contribution in [-0.2, 0) is 10.0 Å². The number of fused-ring (bicyclic) bond motifs is 1. The lowest BCUT2D eigenvalue weighted by Gasteiger charge is -2.31. The Labute approximate surface area is 125 Å². The standard InChI is InChI=1S/C16H20N2O2S/c17-11-13-4-3-9-18(12-13)21(19,20)16-8-7-14-5-1-2-6-15(14)10-16/h1-2,5-8,10,13H,3-4,9,11-12,17H2. The summed E-state index contributed by atoms with van der Waals surface area (Å²) in [6, 6.07) is 13.1. The van der Waals surface area contributed by atoms with E-state index in [-0.39, 0.29) is 5.92 Å². The van der Waals surface area contributed by atoms with Crippen LogP contribution in [0.15, 0.2) is 47.4 Å². The lowest BCUT2D eigenvalue weighted by Crippen LogP contribution is -2.41. The van der Waals surface area contributed by atoms with E-state index in [1.807, 2.05) is 30.3 Å². The maximum Gasteiger partial charge on any atom is 0.243 e. The molecular formula is C16H20N2O2S. The highest BCUT2D eigenvalue weighted by molar-refractivity contribution is 7.89. The van der Waals surface area contributed by atoms with Crippen molar-refractivity contribution in [1.29, 1.82) is 0 Å². The maximum atomic E-state index is 12.8. The van der Waals surface area contributed by atoms with E-state index in [2.05, 4.69) is 0 Å². The van der Waals surface area contributed by atoms with E-state index in [0.717, 1.165) is 23.6 Å². The van der Waals surface area contributed by atoms with Crippen molar-refractivity contribution < 1.29 is 8.42 Å². The van der Waals surface area contributed by atoms with Crippen molar-refractivity contribution in [2.75, 3.05) is 19.6 Å². The van der Waals surface area contributed by atoms with Gasteiger partial charge >= 0.3 is 0 Å². The quantitative estimate of drug-likeness (QED) is 0.945. The van der Waals surface area contributed by atoms with E-state index in [0.29, 0.717) is 24.5 Å². The molecule has 0 amide bonds. The van der Waals surface area contributed by atoms with Crippen LogP contribution in [0.1, 0.15) is 12.8 Å². The molecular weight excluding hydrogens is 284 g/mol. The van der Waals surface area contributed by atoms with Gasteiger partial charge < -0.3 is 5.73 Å². The van der Waals surface area contributed by atoms with Crippen molar-refractivity contribution in [3.05, 3.63) is 42.5 Å². The molecule has 1 aliphatic heterocycles. The third-order valence-corrected chi connectivity index (χ3v) is 6.03. The van der Waals surface area contributed by atoms with Gasteiger partial charge in [0.05, 0.1) is 4.90 Å². The Kier molecular flexibility index (Phi) is 3.97. The first kappa shape index (κ1) is 14.5. The van der Waals surface area contributed by atoms with E-state index in [9.17, 15) is 8.42 Å². The zero-order chi connectivity index (χ0) is 14.9. The van der Waals surface area contributed by atoms with Crippen molar-refractivity contribution in [3.8, 4) is 0 Å². The van der Waals surface area contributed by atoms with Crippen molar-refractivity contribution in [1.82, 2.24) is 4.31 Å². The molecule has 2 aromatic rings. The van der Waals surface area contributed by atoms with Gasteiger partial charge in [0.1, 0.15) is 0 Å². The second kappa shape index (κ2) is 5.75. The highest BCUT2D eigenvalue weighted by Crippen LogP contribution is 2.25. The van der Waals surface area contributed by atoms with Crippen LogP contribution in [0.3, 0.4) is 0 Å². The van der Waals surface area contributed by atoms with Crippen molar-refractivity contribution in [2.24, 2.45) is 11.7 Å². The van der Waals surface area contributed by atoms with E-state index >= 15 is 0 Å². The van der Waals surface area contributed by atoms with Crippen LogP contribution in [0.4, 0.5) is 0 Å². The van der Waals surface area contributed by atoms with Crippen LogP contribution >= 0.6 is 0 Å². The van der Waals surface area contributed by atoms with Gasteiger partial charge in [0.25, 0.3) is 0 Å². The molecule has 0 radical (unpaired) electrons. The zero-order valence-electron chi connectivity index (χ0n) is 11.9. The molecule has 1 aliphatic rings. The molecule has 3 rings (SSSR count). The number of benzene rings is 2. The number of nitrogens with zero attached hydrogens (tertiary/aromatic N) is 1. The number of rotatable bonds is 3. The molecule has 112 valence electrons. The third kappa shape index (κ3) is 2.81. The minimum atomic E-state index is -3.42. The molecule has 2 N–H and O–H groups in total. The van der Waals surface area contributed by atoms with Crippen LogP contribution in [0, 0.1) is 5.92 Å². The predicted molar refractivity (Wildman–Crippen MR) is 84.5 cm³/mol. The average Bonchev–Trinajstić information content (AvgIpc) is 2.54. The van der Waals surface area contributed by atoms with Gasteiger partial charge in [-0.15, -0.1) is 0 Å². The Morgan fingerprint density at radius 2 is 1.90 bits per heavy atom. The molecule has 0 bridgehead atoms. The van der Waals surface area contributed by atoms with Gasteiger partial charge in [0.2, 0.25) is 10.0 Å². The zero-order valence-corrected chi connectivity index (χ0v) is 12.7. The fourth-order valence-electron chi connectivity index (χ4n) is 2.91. The topological polar surface area (TPSA) is 63.4 Å². The van der Waals surface area contributed by atoms with Crippen molar-refractivity contribution >= 4 is 20.8 Å². The number of piperidine rings is 1. The van der Waals surface area contributed by atoms with Crippen LogP contribution < -0.4 is 5.73 Å². The number of hydrogen-bond donors (Lipinski definition) is 1. The fourth-order valence-corrected chi connectivity index (χ4v) is 4.51. The Morgan fingerprint density at radius 3 is 2.67 bits per heavy atom. The van der Waals surface area contributed by atoms with Crippen molar-refractivity contribution in [3.63, 3.8) is 0 Å². The van der Waals surface area contributed by atoms with E-state index in [1.165, 1.54) is 0 Å². The van der Waals surface area contributed by atoms with Gasteiger partial charge in [0.15, 0.2) is 0 Å². The smallest absolute Gasteiger partial charge is 0.243 e. The Balaban J connectivity index is 1.95. The first-order valence-electron chi connectivity index (χ1n) is 7.30. The summed E-state index contributed by atoms with van der Waals surface area (Å²) in [6.07, 6.45) is 1.90. The summed E-state index contributed by atoms with van der Waals surface area (Å²) >= 11 is 0. The monoisotopic (exact) mass is 304 g/mol. The SMILES string of the molecule is NCC1CCCN(S(=O)(=O)c2ccc3ccccc3c2)C1. The van der Waals surface area contributed by atoms with Crippen molar-refractivity contribution in [2.45, 2.75) is 17.7 Å². The van der Waals surface area contributed by atoms with E-state index < -0.39 is 10.0 Å². The molecule has 0 aromatic heterocycles. The minimum Gasteiger partial charge on any atom is -0.330 e. The largest absolute Gasteiger partial charge is 0.330 e. The predicted octanol–water partition coefficient (Wildman–Crippen LogP) is 2.20. The summed E-state index contributed by atoms with van der Waals surface area (Å²) in [4.78, 5) is 0.374. The number of sulfonamides is 1. The van der Waals surface area contributed by atoms with Gasteiger partial charge in [0, 0.05) is 13.1 Å². The van der Waals surface area contributed by atoms with Gasteiger partial charge in [-0.1, -0.05) is 30.3 Å². The molecule has 0 aliphatic carbocycles. The molecule has 0 saturated carbocycles. The fraction of sp³-hybridized carbons (Fsp3) is 0.375. The first-order chi connectivity index (χ1) is 10.1. The maximum absolute atomic E-state index is 12.8. The highest BCUT2D eigenvalue weighted by atomic mass is 32.2. The van der Waals surface area contributed by atoms with Gasteiger partial charge in [-0.3, -0.25) is 0 Å². The molecule has 0 spiro atoms. The molecule has 4 nitrogen and oxygen atoms in total. The summed E-state index contributed by atoms with van der Waals surface area (Å²) in [5.74, 6) is 0.272. The molecule has 1 saturated heterocycles. The third-order valence-electron chi connectivity index (χ3n) is 4.17. The first-order valence-corrected chi connectivity index (χ1v) is 8.74. The highest BCUT2D eigenvalue weighted by Gasteiger charge is 2.29. The second-order valence-electron chi connectivity index (χ2n) is 5.62. The molecule has 1 heterocycles. The van der Waals surface area contributed by atoms with E-state index in [1.54, 1.807) is 16.4 Å². The summed E-state index contributed by atoms with van der Waals surface area (Å²) in [6.45, 7) is 1.67. The Hall–Kier alpha value is -1.43. The molecule has 1 fully saturated rings. The van der Waals surface area contributed by atoms with Gasteiger partial charge in [-0.25, -0.2) is 8.42 Å². The molecule has 1 unspecified atom stereocenters. The Bertz CT molecular complexity index is 743. The van der Waals surface area contributed by atoms with Crippen LogP contribution in [-0.4, -0.2) is 32.4 Å². The number of nitrogens with two attached hydrogens (primary N) is 1. The molecule has 2 aromatic carbocycles. The Morgan fingerprint density at radius 1 is 1.14 bits per heavy atom. The van der Waals surface area contributed by atoms with Gasteiger partial charge in [-0.2, -0.15) is 4.31 Å². The minimum absolute atomic E-state index is 0.272. The van der Waals surface area contributed by atoms with Crippen LogP contribution in [0.5, 0.6) is 0 Å². The van der Waals surface area contributed by atoms with Crippen LogP contribution in [0.25, 0.3) is 10.8 Å². The summed E-state index contributed by atoms with van der Waals surface area (Å²) in [5, 5.41) is 2.00. The van der Waals surface area contributed by atoms with E-state index in [4.69, 9.17) is 5.73 Å². The van der Waals surface area contributed by atoms with Crippen LogP contribution in [0.2, 0.25) is 0 Å². The lowest BCUT2D eigenvalue weighted by molar-refractivity contribution is 0.271. The lowest BCUT2D eigenvalue weighted by atomic mass is 10.0.